The molecule has 152 valence electrons. The van der Waals surface area contributed by atoms with Crippen molar-refractivity contribution in [2.24, 2.45) is 7.05 Å². The van der Waals surface area contributed by atoms with Gasteiger partial charge >= 0.3 is 0 Å². The first kappa shape index (κ1) is 19.4. The number of sulfonamides is 1. The molecule has 0 atom stereocenters. The van der Waals surface area contributed by atoms with Crippen LogP contribution < -0.4 is 4.72 Å². The second-order valence-electron chi connectivity index (χ2n) is 7.40. The summed E-state index contributed by atoms with van der Waals surface area (Å²) >= 11 is 0. The molecule has 0 amide bonds. The molecule has 4 rings (SSSR count). The Kier molecular flexibility index (Phi) is 4.57. The van der Waals surface area contributed by atoms with Crippen LogP contribution in [0.25, 0.3) is 11.5 Å². The van der Waals surface area contributed by atoms with Gasteiger partial charge in [0.15, 0.2) is 5.78 Å². The maximum atomic E-state index is 13.3. The van der Waals surface area contributed by atoms with Crippen molar-refractivity contribution in [1.82, 2.24) is 14.8 Å². The summed E-state index contributed by atoms with van der Waals surface area (Å²) in [4.78, 5) is 11.7. The summed E-state index contributed by atoms with van der Waals surface area (Å²) in [6, 6.07) is 6.40. The highest BCUT2D eigenvalue weighted by Gasteiger charge is 2.34. The van der Waals surface area contributed by atoms with Gasteiger partial charge in [-0.3, -0.25) is 9.52 Å². The predicted octanol–water partition coefficient (Wildman–Crippen LogP) is 3.57. The maximum Gasteiger partial charge on any atom is 0.264 e. The minimum atomic E-state index is -3.97. The molecule has 29 heavy (non-hydrogen) atoms. The van der Waals surface area contributed by atoms with Crippen LogP contribution in [-0.4, -0.2) is 29.0 Å². The van der Waals surface area contributed by atoms with Gasteiger partial charge in [-0.25, -0.2) is 8.42 Å². The summed E-state index contributed by atoms with van der Waals surface area (Å²) in [7, 11) is -2.18. The van der Waals surface area contributed by atoms with Crippen LogP contribution in [0.3, 0.4) is 0 Å². The lowest BCUT2D eigenvalue weighted by Crippen LogP contribution is -2.15. The van der Waals surface area contributed by atoms with Crippen molar-refractivity contribution in [3.8, 4) is 11.5 Å². The molecule has 1 aromatic carbocycles. The number of ketones is 1. The Morgan fingerprint density at radius 2 is 1.93 bits per heavy atom. The van der Waals surface area contributed by atoms with E-state index in [4.69, 9.17) is 4.42 Å². The van der Waals surface area contributed by atoms with Crippen molar-refractivity contribution in [1.29, 1.82) is 0 Å². The molecule has 1 aliphatic rings. The summed E-state index contributed by atoms with van der Waals surface area (Å²) in [5, 5.41) is 8.21. The number of Topliss-reactive ketones (excluding diaryl/α,β-unsaturated/α-hetero) is 1. The number of hydrogen-bond acceptors (Lipinski definition) is 6. The van der Waals surface area contributed by atoms with Gasteiger partial charge in [-0.05, 0) is 45.7 Å². The van der Waals surface area contributed by atoms with Crippen LogP contribution in [0.2, 0.25) is 0 Å². The Morgan fingerprint density at radius 1 is 1.21 bits per heavy atom. The molecule has 0 unspecified atom stereocenters. The van der Waals surface area contributed by atoms with Gasteiger partial charge in [0, 0.05) is 35.6 Å². The second-order valence-corrected chi connectivity index (χ2v) is 9.02. The van der Waals surface area contributed by atoms with Crippen LogP contribution in [0, 0.1) is 13.8 Å². The smallest absolute Gasteiger partial charge is 0.264 e. The first-order chi connectivity index (χ1) is 13.7. The van der Waals surface area contributed by atoms with Gasteiger partial charge in [0.2, 0.25) is 5.89 Å². The molecule has 0 spiro atoms. The summed E-state index contributed by atoms with van der Waals surface area (Å²) < 4.78 is 36.8. The van der Waals surface area contributed by atoms with Gasteiger partial charge in [-0.2, -0.15) is 0 Å². The van der Waals surface area contributed by atoms with Crippen molar-refractivity contribution in [3.05, 3.63) is 47.1 Å². The molecule has 1 N–H and O–H groups in total. The molecule has 3 aromatic rings. The van der Waals surface area contributed by atoms with Crippen molar-refractivity contribution in [2.45, 2.75) is 44.4 Å². The van der Waals surface area contributed by atoms with E-state index in [0.717, 1.165) is 12.8 Å². The third-order valence-electron chi connectivity index (χ3n) is 5.29. The number of rotatable bonds is 6. The van der Waals surface area contributed by atoms with Gasteiger partial charge in [-0.15, -0.1) is 10.2 Å². The fourth-order valence-electron chi connectivity index (χ4n) is 3.34. The average Bonchev–Trinajstić information content (AvgIpc) is 3.36. The maximum absolute atomic E-state index is 13.3. The number of nitrogens with one attached hydrogen (secondary N) is 1. The van der Waals surface area contributed by atoms with Gasteiger partial charge < -0.3 is 8.98 Å². The molecule has 8 nitrogen and oxygen atoms in total. The molecule has 0 aliphatic heterocycles. The predicted molar refractivity (Wildman–Crippen MR) is 107 cm³/mol. The lowest BCUT2D eigenvalue weighted by Gasteiger charge is -2.10. The monoisotopic (exact) mass is 414 g/mol. The van der Waals surface area contributed by atoms with E-state index < -0.39 is 10.0 Å². The average molecular weight is 414 g/mol. The Bertz CT molecular complexity index is 1220. The fourth-order valence-corrected chi connectivity index (χ4v) is 4.91. The quantitative estimate of drug-likeness (QED) is 0.618. The summed E-state index contributed by atoms with van der Waals surface area (Å²) in [5.41, 5.74) is 2.41. The van der Waals surface area contributed by atoms with E-state index >= 15 is 0 Å². The van der Waals surface area contributed by atoms with E-state index in [9.17, 15) is 13.2 Å². The Labute approximate surface area is 169 Å². The highest BCUT2D eigenvalue weighted by Crippen LogP contribution is 2.41. The lowest BCUT2D eigenvalue weighted by atomic mass is 10.1. The number of nitrogens with zero attached hydrogens (tertiary/aromatic N) is 3. The fraction of sp³-hybridized carbons (Fsp3) is 0.350. The first-order valence-corrected chi connectivity index (χ1v) is 10.8. The largest absolute Gasteiger partial charge is 0.420 e. The van der Waals surface area contributed by atoms with E-state index in [2.05, 4.69) is 14.9 Å². The van der Waals surface area contributed by atoms with Gasteiger partial charge in [0.1, 0.15) is 4.90 Å². The van der Waals surface area contributed by atoms with Crippen molar-refractivity contribution in [2.75, 3.05) is 4.72 Å². The zero-order valence-corrected chi connectivity index (χ0v) is 17.5. The molecular formula is C20H22N4O4S. The number of benzene rings is 1. The van der Waals surface area contributed by atoms with Gasteiger partial charge in [-0.1, -0.05) is 12.1 Å². The van der Waals surface area contributed by atoms with Crippen molar-refractivity contribution >= 4 is 21.5 Å². The van der Waals surface area contributed by atoms with E-state index in [-0.39, 0.29) is 22.5 Å². The number of aromatic nitrogens is 3. The summed E-state index contributed by atoms with van der Waals surface area (Å²) in [5.74, 6) is 0.878. The highest BCUT2D eigenvalue weighted by atomic mass is 32.2. The number of hydrogen-bond donors (Lipinski definition) is 1. The minimum absolute atomic E-state index is 0.0942. The number of carbonyl (C=O) groups is 1. The Morgan fingerprint density at radius 3 is 2.59 bits per heavy atom. The molecule has 1 aliphatic carbocycles. The first-order valence-electron chi connectivity index (χ1n) is 9.32. The standard InChI is InChI=1S/C20H22N4O4S/c1-11-17(20-22-21-19(28-20)14-8-9-14)18(12(2)24(11)4)29(26,27)23-16-7-5-6-15(10-16)13(3)25/h5-7,10,14,23H,8-9H2,1-4H3. The van der Waals surface area contributed by atoms with Crippen LogP contribution in [0.4, 0.5) is 5.69 Å². The summed E-state index contributed by atoms with van der Waals surface area (Å²) in [6.07, 6.45) is 2.02. The van der Waals surface area contributed by atoms with Gasteiger partial charge in [0.25, 0.3) is 15.9 Å². The normalized spacial score (nSPS) is 14.2. The molecule has 2 heterocycles. The van der Waals surface area contributed by atoms with Crippen molar-refractivity contribution in [3.63, 3.8) is 0 Å². The van der Waals surface area contributed by atoms with E-state index in [0.29, 0.717) is 34.1 Å². The zero-order chi connectivity index (χ0) is 20.9. The topological polar surface area (TPSA) is 107 Å². The summed E-state index contributed by atoms with van der Waals surface area (Å²) in [6.45, 7) is 4.98. The van der Waals surface area contributed by atoms with Crippen LogP contribution in [-0.2, 0) is 17.1 Å². The zero-order valence-electron chi connectivity index (χ0n) is 16.7. The molecule has 0 radical (unpaired) electrons. The number of anilines is 1. The molecular weight excluding hydrogens is 392 g/mol. The van der Waals surface area contributed by atoms with Crippen LogP contribution in [0.5, 0.6) is 0 Å². The molecule has 1 fully saturated rings. The van der Waals surface area contributed by atoms with Gasteiger partial charge in [0.05, 0.1) is 5.56 Å². The van der Waals surface area contributed by atoms with Crippen LogP contribution in [0.1, 0.15) is 53.3 Å². The van der Waals surface area contributed by atoms with Crippen LogP contribution >= 0.6 is 0 Å². The van der Waals surface area contributed by atoms with E-state index in [1.165, 1.54) is 13.0 Å². The Hall–Kier alpha value is -2.94. The van der Waals surface area contributed by atoms with E-state index in [1.807, 2.05) is 6.92 Å². The third kappa shape index (κ3) is 3.46. The van der Waals surface area contributed by atoms with Crippen LogP contribution in [0.15, 0.2) is 33.6 Å². The second kappa shape index (κ2) is 6.84. The SMILES string of the molecule is CC(=O)c1cccc(NS(=O)(=O)c2c(-c3nnc(C4CC4)o3)c(C)n(C)c2C)c1. The van der Waals surface area contributed by atoms with Crippen molar-refractivity contribution < 1.29 is 17.6 Å². The molecule has 0 saturated heterocycles. The molecule has 9 heteroatoms. The number of carbonyl (C=O) groups excluding carboxylic acids is 1. The minimum Gasteiger partial charge on any atom is -0.420 e. The molecule has 0 bridgehead atoms. The molecule has 2 aromatic heterocycles. The highest BCUT2D eigenvalue weighted by molar-refractivity contribution is 7.93. The third-order valence-corrected chi connectivity index (χ3v) is 6.84. The Balaban J connectivity index is 1.80. The lowest BCUT2D eigenvalue weighted by molar-refractivity contribution is 0.101. The van der Waals surface area contributed by atoms with E-state index in [1.54, 1.807) is 36.7 Å². The molecule has 1 saturated carbocycles.